The molecule has 0 radical (unpaired) electrons. The Hall–Kier alpha value is -2.26. The van der Waals surface area contributed by atoms with Gasteiger partial charge in [0.25, 0.3) is 5.91 Å². The van der Waals surface area contributed by atoms with Crippen LogP contribution in [-0.4, -0.2) is 14.7 Å². The predicted molar refractivity (Wildman–Crippen MR) is 78.1 cm³/mol. The van der Waals surface area contributed by atoms with Gasteiger partial charge in [-0.15, -0.1) is 0 Å². The second-order valence-electron chi connectivity index (χ2n) is 4.74. The van der Waals surface area contributed by atoms with Crippen LogP contribution in [0.1, 0.15) is 21.5 Å². The molecule has 0 heterocycles. The molecule has 0 aromatic heterocycles. The summed E-state index contributed by atoms with van der Waals surface area (Å²) in [5, 5.41) is 2.33. The van der Waals surface area contributed by atoms with E-state index in [2.05, 4.69) is 5.32 Å². The molecule has 0 aliphatic heterocycles. The summed E-state index contributed by atoms with van der Waals surface area (Å²) < 4.78 is 71.4. The molecule has 2 aromatic rings. The standard InChI is InChI=1S/C15H11F4NO3S/c16-12-6-5-9(7-11(12)15(17,18)19)8-20-14(21)10-3-1-2-4-13(10)24(22)23/h1-7H,8H2,(H,20,21)(H,22,23). The van der Waals surface area contributed by atoms with Gasteiger partial charge in [0.15, 0.2) is 11.1 Å². The zero-order chi connectivity index (χ0) is 17.9. The number of rotatable bonds is 4. The van der Waals surface area contributed by atoms with Gasteiger partial charge in [-0.1, -0.05) is 18.2 Å². The van der Waals surface area contributed by atoms with E-state index in [9.17, 15) is 26.6 Å². The Labute approximate surface area is 136 Å². The molecule has 1 atom stereocenters. The fourth-order valence-corrected chi connectivity index (χ4v) is 2.53. The van der Waals surface area contributed by atoms with Gasteiger partial charge in [-0.3, -0.25) is 4.79 Å². The number of hydrogen-bond acceptors (Lipinski definition) is 2. The van der Waals surface area contributed by atoms with Gasteiger partial charge in [-0.25, -0.2) is 8.60 Å². The molecule has 2 aromatic carbocycles. The highest BCUT2D eigenvalue weighted by molar-refractivity contribution is 7.79. The second kappa shape index (κ2) is 7.10. The molecule has 2 rings (SSSR count). The van der Waals surface area contributed by atoms with Crippen LogP contribution in [-0.2, 0) is 23.8 Å². The van der Waals surface area contributed by atoms with Crippen molar-refractivity contribution in [3.05, 3.63) is 65.0 Å². The SMILES string of the molecule is O=C(NCc1ccc(F)c(C(F)(F)F)c1)c1ccccc1S(=O)O. The fourth-order valence-electron chi connectivity index (χ4n) is 1.98. The van der Waals surface area contributed by atoms with Gasteiger partial charge in [-0.05, 0) is 29.8 Å². The number of hydrogen-bond donors (Lipinski definition) is 2. The number of benzene rings is 2. The van der Waals surface area contributed by atoms with Crippen LogP contribution >= 0.6 is 0 Å². The van der Waals surface area contributed by atoms with Crippen molar-refractivity contribution in [2.24, 2.45) is 0 Å². The van der Waals surface area contributed by atoms with Crippen molar-refractivity contribution >= 4 is 17.0 Å². The van der Waals surface area contributed by atoms with Crippen molar-refractivity contribution in [2.75, 3.05) is 0 Å². The third-order valence-corrected chi connectivity index (χ3v) is 3.84. The van der Waals surface area contributed by atoms with Crippen molar-refractivity contribution < 1.29 is 31.1 Å². The van der Waals surface area contributed by atoms with E-state index in [4.69, 9.17) is 4.55 Å². The third-order valence-electron chi connectivity index (χ3n) is 3.11. The zero-order valence-corrected chi connectivity index (χ0v) is 12.7. The maximum atomic E-state index is 13.2. The minimum atomic E-state index is -4.84. The van der Waals surface area contributed by atoms with Crippen molar-refractivity contribution in [3.8, 4) is 0 Å². The number of alkyl halides is 3. The van der Waals surface area contributed by atoms with Crippen LogP contribution in [0.15, 0.2) is 47.4 Å². The van der Waals surface area contributed by atoms with E-state index in [0.29, 0.717) is 12.1 Å². The molecule has 0 saturated carbocycles. The number of amides is 1. The fraction of sp³-hybridized carbons (Fsp3) is 0.133. The first-order valence-electron chi connectivity index (χ1n) is 6.54. The van der Waals surface area contributed by atoms with E-state index in [0.717, 1.165) is 6.07 Å². The Morgan fingerprint density at radius 1 is 1.17 bits per heavy atom. The Morgan fingerprint density at radius 2 is 1.83 bits per heavy atom. The highest BCUT2D eigenvalue weighted by Gasteiger charge is 2.34. The molecule has 1 amide bonds. The summed E-state index contributed by atoms with van der Waals surface area (Å²) in [4.78, 5) is 11.9. The minimum absolute atomic E-state index is 0.0414. The van der Waals surface area contributed by atoms with E-state index in [-0.39, 0.29) is 22.6 Å². The Bertz CT molecular complexity index is 793. The van der Waals surface area contributed by atoms with Crippen LogP contribution in [0.4, 0.5) is 17.6 Å². The maximum Gasteiger partial charge on any atom is 0.419 e. The summed E-state index contributed by atoms with van der Waals surface area (Å²) in [6.07, 6.45) is -4.84. The van der Waals surface area contributed by atoms with Gasteiger partial charge in [-0.2, -0.15) is 13.2 Å². The molecule has 24 heavy (non-hydrogen) atoms. The van der Waals surface area contributed by atoms with Crippen molar-refractivity contribution in [1.29, 1.82) is 0 Å². The first-order valence-corrected chi connectivity index (χ1v) is 7.64. The quantitative estimate of drug-likeness (QED) is 0.648. The van der Waals surface area contributed by atoms with Crippen LogP contribution in [0.3, 0.4) is 0 Å². The summed E-state index contributed by atoms with van der Waals surface area (Å²) in [7, 11) is 0. The van der Waals surface area contributed by atoms with E-state index < -0.39 is 34.5 Å². The summed E-state index contributed by atoms with van der Waals surface area (Å²) in [6, 6.07) is 7.92. The van der Waals surface area contributed by atoms with E-state index >= 15 is 0 Å². The first kappa shape index (κ1) is 18.1. The molecular weight excluding hydrogens is 350 g/mol. The van der Waals surface area contributed by atoms with Crippen LogP contribution in [0.5, 0.6) is 0 Å². The van der Waals surface area contributed by atoms with Gasteiger partial charge in [0.1, 0.15) is 5.82 Å². The molecule has 9 heteroatoms. The molecule has 1 unspecified atom stereocenters. The van der Waals surface area contributed by atoms with Gasteiger partial charge < -0.3 is 9.87 Å². The Balaban J connectivity index is 2.17. The maximum absolute atomic E-state index is 13.2. The number of carbonyl (C=O) groups excluding carboxylic acids is 1. The highest BCUT2D eigenvalue weighted by Crippen LogP contribution is 2.31. The third kappa shape index (κ3) is 4.18. The highest BCUT2D eigenvalue weighted by atomic mass is 32.2. The summed E-state index contributed by atoms with van der Waals surface area (Å²) in [5.41, 5.74) is -1.46. The summed E-state index contributed by atoms with van der Waals surface area (Å²) >= 11 is -2.39. The molecule has 0 bridgehead atoms. The normalized spacial score (nSPS) is 12.7. The van der Waals surface area contributed by atoms with E-state index in [1.54, 1.807) is 0 Å². The number of carbonyl (C=O) groups is 1. The number of halogens is 4. The monoisotopic (exact) mass is 361 g/mol. The van der Waals surface area contributed by atoms with E-state index in [1.165, 1.54) is 24.3 Å². The van der Waals surface area contributed by atoms with Crippen LogP contribution in [0.2, 0.25) is 0 Å². The van der Waals surface area contributed by atoms with Gasteiger partial charge >= 0.3 is 6.18 Å². The topological polar surface area (TPSA) is 66.4 Å². The van der Waals surface area contributed by atoms with Crippen molar-refractivity contribution in [1.82, 2.24) is 5.32 Å². The largest absolute Gasteiger partial charge is 0.419 e. The predicted octanol–water partition coefficient (Wildman–Crippen LogP) is 3.36. The minimum Gasteiger partial charge on any atom is -0.348 e. The molecule has 0 fully saturated rings. The lowest BCUT2D eigenvalue weighted by Crippen LogP contribution is -2.24. The summed E-state index contributed by atoms with van der Waals surface area (Å²) in [5.74, 6) is -2.13. The van der Waals surface area contributed by atoms with Crippen molar-refractivity contribution in [2.45, 2.75) is 17.6 Å². The van der Waals surface area contributed by atoms with Crippen LogP contribution in [0.25, 0.3) is 0 Å². The zero-order valence-electron chi connectivity index (χ0n) is 11.9. The van der Waals surface area contributed by atoms with Crippen LogP contribution < -0.4 is 5.32 Å². The molecule has 0 saturated heterocycles. The summed E-state index contributed by atoms with van der Waals surface area (Å²) in [6.45, 7) is -0.297. The molecule has 0 spiro atoms. The molecule has 0 aliphatic carbocycles. The average Bonchev–Trinajstić information content (AvgIpc) is 2.52. The lowest BCUT2D eigenvalue weighted by atomic mass is 10.1. The van der Waals surface area contributed by atoms with Gasteiger partial charge in [0.2, 0.25) is 0 Å². The molecular formula is C15H11F4NO3S. The molecule has 128 valence electrons. The van der Waals surface area contributed by atoms with Gasteiger partial charge in [0, 0.05) is 6.54 Å². The Morgan fingerprint density at radius 3 is 2.46 bits per heavy atom. The lowest BCUT2D eigenvalue weighted by Gasteiger charge is -2.11. The average molecular weight is 361 g/mol. The Kier molecular flexibility index (Phi) is 5.35. The number of nitrogens with one attached hydrogen (secondary N) is 1. The van der Waals surface area contributed by atoms with Crippen molar-refractivity contribution in [3.63, 3.8) is 0 Å². The van der Waals surface area contributed by atoms with Crippen LogP contribution in [0, 0.1) is 5.82 Å². The first-order chi connectivity index (χ1) is 11.2. The molecule has 0 aliphatic rings. The van der Waals surface area contributed by atoms with E-state index in [1.807, 2.05) is 0 Å². The smallest absolute Gasteiger partial charge is 0.348 e. The molecule has 4 nitrogen and oxygen atoms in total. The van der Waals surface area contributed by atoms with Gasteiger partial charge in [0.05, 0.1) is 16.0 Å². The molecule has 2 N–H and O–H groups in total. The lowest BCUT2D eigenvalue weighted by molar-refractivity contribution is -0.140. The second-order valence-corrected chi connectivity index (χ2v) is 5.68.